The molecular weight excluding hydrogens is 229 g/mol. The molecule has 0 radical (unpaired) electrons. The SMILES string of the molecule is C[CH](C)[V][CH](C)C.Cl.Cl.Cl. The van der Waals surface area contributed by atoms with Crippen molar-refractivity contribution in [3.8, 4) is 0 Å². The van der Waals surface area contributed by atoms with E-state index < -0.39 is 0 Å². The Kier molecular flexibility index (Phi) is 29.5. The Labute approximate surface area is 90.2 Å². The van der Waals surface area contributed by atoms with Crippen molar-refractivity contribution in [3.05, 3.63) is 0 Å². The van der Waals surface area contributed by atoms with Crippen molar-refractivity contribution >= 4 is 37.2 Å². The molecule has 0 heterocycles. The number of hydrogen-bond acceptors (Lipinski definition) is 0. The summed E-state index contributed by atoms with van der Waals surface area (Å²) >= 11 is 0.632. The number of rotatable bonds is 2. The average Bonchev–Trinajstić information content (AvgIpc) is 1.27. The molecule has 0 aromatic rings. The van der Waals surface area contributed by atoms with E-state index in [9.17, 15) is 0 Å². The van der Waals surface area contributed by atoms with Gasteiger partial charge in [-0.25, -0.2) is 0 Å². The van der Waals surface area contributed by atoms with E-state index in [4.69, 9.17) is 0 Å². The van der Waals surface area contributed by atoms with Crippen LogP contribution in [0, 0.1) is 0 Å². The van der Waals surface area contributed by atoms with Gasteiger partial charge in [-0.3, -0.25) is 0 Å². The predicted molar refractivity (Wildman–Crippen MR) is 51.9 cm³/mol. The van der Waals surface area contributed by atoms with Gasteiger partial charge >= 0.3 is 53.2 Å². The summed E-state index contributed by atoms with van der Waals surface area (Å²) in [6.07, 6.45) is 0. The average molecular weight is 247 g/mol. The van der Waals surface area contributed by atoms with Crippen molar-refractivity contribution in [2.45, 2.75) is 37.0 Å². The summed E-state index contributed by atoms with van der Waals surface area (Å²) in [5, 5.41) is 0. The maximum Gasteiger partial charge on any atom is -0.147 e. The largest absolute Gasteiger partial charge is 0.147 e. The molecule has 10 heavy (non-hydrogen) atoms. The molecule has 0 fully saturated rings. The fourth-order valence-electron chi connectivity index (χ4n) is 0.596. The number of hydrogen-bond donors (Lipinski definition) is 0. The van der Waals surface area contributed by atoms with Gasteiger partial charge in [-0.15, -0.1) is 37.2 Å². The second-order valence-corrected chi connectivity index (χ2v) is 6.03. The monoisotopic (exact) mass is 245 g/mol. The van der Waals surface area contributed by atoms with Crippen LogP contribution in [0.3, 0.4) is 0 Å². The van der Waals surface area contributed by atoms with Crippen LogP contribution >= 0.6 is 37.2 Å². The first kappa shape index (κ1) is 22.5. The van der Waals surface area contributed by atoms with E-state index in [-0.39, 0.29) is 37.2 Å². The first-order valence-corrected chi connectivity index (χ1v) is 4.44. The van der Waals surface area contributed by atoms with Gasteiger partial charge in [0.2, 0.25) is 0 Å². The molecule has 0 unspecified atom stereocenters. The molecule has 0 atom stereocenters. The summed E-state index contributed by atoms with van der Waals surface area (Å²) < 4.78 is 1.94. The fraction of sp³-hybridized carbons (Fsp3) is 1.00. The van der Waals surface area contributed by atoms with Crippen LogP contribution in [-0.4, -0.2) is 0 Å². The Hall–Kier alpha value is 1.45. The molecule has 0 saturated carbocycles. The molecule has 0 spiro atoms. The second kappa shape index (κ2) is 13.1. The molecular formula is C6H17Cl3V. The summed E-state index contributed by atoms with van der Waals surface area (Å²) in [5.41, 5.74) is 0. The molecule has 0 amide bonds. The predicted octanol–water partition coefficient (Wildman–Crippen LogP) is 3.99. The third-order valence-corrected chi connectivity index (χ3v) is 2.46. The van der Waals surface area contributed by atoms with E-state index in [2.05, 4.69) is 27.7 Å². The molecule has 0 aliphatic heterocycles. The normalized spacial score (nSPS) is 7.40. The van der Waals surface area contributed by atoms with Crippen LogP contribution in [0.5, 0.6) is 0 Å². The van der Waals surface area contributed by atoms with Gasteiger partial charge in [0, 0.05) is 0 Å². The zero-order valence-electron chi connectivity index (χ0n) is 6.83. The Morgan fingerprint density at radius 1 is 0.700 bits per heavy atom. The Morgan fingerprint density at radius 2 is 0.900 bits per heavy atom. The minimum Gasteiger partial charge on any atom is -0.147 e. The van der Waals surface area contributed by atoms with Crippen LogP contribution in [0.25, 0.3) is 0 Å². The smallest absolute Gasteiger partial charge is 0.147 e. The first-order chi connectivity index (χ1) is 3.13. The molecule has 0 aromatic heterocycles. The minimum atomic E-state index is 0. The summed E-state index contributed by atoms with van der Waals surface area (Å²) in [7, 11) is 0. The van der Waals surface area contributed by atoms with Crippen LogP contribution < -0.4 is 0 Å². The van der Waals surface area contributed by atoms with Crippen LogP contribution in [0.2, 0.25) is 9.26 Å². The maximum atomic E-state index is 2.31. The molecule has 4 heteroatoms. The van der Waals surface area contributed by atoms with E-state index in [0.29, 0.717) is 16.3 Å². The molecule has 0 aliphatic carbocycles. The molecule has 0 rings (SSSR count). The zero-order valence-corrected chi connectivity index (χ0v) is 10.7. The molecule has 67 valence electrons. The van der Waals surface area contributed by atoms with Crippen LogP contribution in [0.4, 0.5) is 0 Å². The van der Waals surface area contributed by atoms with Gasteiger partial charge in [0.25, 0.3) is 0 Å². The molecule has 0 N–H and O–H groups in total. The molecule has 0 nitrogen and oxygen atoms in total. The maximum absolute atomic E-state index is 2.31. The van der Waals surface area contributed by atoms with Crippen molar-refractivity contribution in [2.24, 2.45) is 0 Å². The van der Waals surface area contributed by atoms with E-state index in [1.807, 2.05) is 0 Å². The molecule has 0 saturated heterocycles. The van der Waals surface area contributed by atoms with Gasteiger partial charge < -0.3 is 0 Å². The Balaban J connectivity index is -0.0000000600. The molecule has 0 aliphatic rings. The van der Waals surface area contributed by atoms with Crippen molar-refractivity contribution < 1.29 is 16.3 Å². The molecule has 0 bridgehead atoms. The standard InChI is InChI=1S/2C3H7.3ClH.V/c2*1-3-2;;;;/h2*3H,1-2H3;3*1H;. The zero-order chi connectivity index (χ0) is 5.86. The summed E-state index contributed by atoms with van der Waals surface area (Å²) in [4.78, 5) is 0. The third kappa shape index (κ3) is 22.7. The van der Waals surface area contributed by atoms with E-state index >= 15 is 0 Å². The van der Waals surface area contributed by atoms with E-state index in [1.165, 1.54) is 0 Å². The van der Waals surface area contributed by atoms with Crippen LogP contribution in [0.15, 0.2) is 0 Å². The van der Waals surface area contributed by atoms with E-state index in [0.717, 1.165) is 9.26 Å². The van der Waals surface area contributed by atoms with Gasteiger partial charge in [0.15, 0.2) is 0 Å². The van der Waals surface area contributed by atoms with Gasteiger partial charge in [0.1, 0.15) is 0 Å². The van der Waals surface area contributed by atoms with Gasteiger partial charge in [0.05, 0.1) is 0 Å². The van der Waals surface area contributed by atoms with Crippen molar-refractivity contribution in [3.63, 3.8) is 0 Å². The number of halogens is 3. The summed E-state index contributed by atoms with van der Waals surface area (Å²) in [6.45, 7) is 9.22. The topological polar surface area (TPSA) is 0 Å². The fourth-order valence-corrected chi connectivity index (χ4v) is 2.46. The first-order valence-electron chi connectivity index (χ1n) is 2.83. The minimum absolute atomic E-state index is 0. The quantitative estimate of drug-likeness (QED) is 0.691. The van der Waals surface area contributed by atoms with Gasteiger partial charge in [-0.2, -0.15) is 0 Å². The Morgan fingerprint density at radius 3 is 0.900 bits per heavy atom. The molecule has 0 aromatic carbocycles. The van der Waals surface area contributed by atoms with Crippen LogP contribution in [0.1, 0.15) is 27.7 Å². The summed E-state index contributed by atoms with van der Waals surface area (Å²) in [5.74, 6) is 0. The van der Waals surface area contributed by atoms with Crippen molar-refractivity contribution in [1.82, 2.24) is 0 Å². The van der Waals surface area contributed by atoms with Gasteiger partial charge in [-0.05, 0) is 0 Å². The van der Waals surface area contributed by atoms with Crippen molar-refractivity contribution in [1.29, 1.82) is 0 Å². The Bertz CT molecular complexity index is 42.3. The second-order valence-electron chi connectivity index (χ2n) is 2.34. The summed E-state index contributed by atoms with van der Waals surface area (Å²) in [6, 6.07) is 0. The van der Waals surface area contributed by atoms with E-state index in [1.54, 1.807) is 0 Å². The van der Waals surface area contributed by atoms with Crippen molar-refractivity contribution in [2.75, 3.05) is 0 Å². The van der Waals surface area contributed by atoms with Crippen LogP contribution in [-0.2, 0) is 16.3 Å². The third-order valence-electron chi connectivity index (χ3n) is 0.596. The van der Waals surface area contributed by atoms with Gasteiger partial charge in [-0.1, -0.05) is 0 Å².